The van der Waals surface area contributed by atoms with Gasteiger partial charge in [0.05, 0.1) is 11.4 Å². The highest BCUT2D eigenvalue weighted by atomic mass is 32.1. The highest BCUT2D eigenvalue weighted by Gasteiger charge is 2.18. The number of anilines is 2. The highest BCUT2D eigenvalue weighted by Crippen LogP contribution is 2.28. The van der Waals surface area contributed by atoms with Gasteiger partial charge < -0.3 is 9.47 Å². The Balaban J connectivity index is 1.57. The number of esters is 1. The number of thiazole rings is 1. The van der Waals surface area contributed by atoms with Crippen LogP contribution in [0.2, 0.25) is 0 Å². The normalized spacial score (nSPS) is 10.3. The summed E-state index contributed by atoms with van der Waals surface area (Å²) in [6.45, 7) is 1.33. The summed E-state index contributed by atoms with van der Waals surface area (Å²) in [4.78, 5) is 29.8. The van der Waals surface area contributed by atoms with E-state index in [1.165, 1.54) is 23.2 Å². The molecule has 3 rings (SSSR count). The third-order valence-electron chi connectivity index (χ3n) is 3.54. The molecule has 0 radical (unpaired) electrons. The van der Waals surface area contributed by atoms with E-state index < -0.39 is 5.97 Å². The first-order valence-electron chi connectivity index (χ1n) is 8.27. The van der Waals surface area contributed by atoms with E-state index in [2.05, 4.69) is 4.98 Å². The zero-order valence-electron chi connectivity index (χ0n) is 14.7. The topological polar surface area (TPSA) is 68.7 Å². The van der Waals surface area contributed by atoms with E-state index >= 15 is 0 Å². The molecule has 0 bridgehead atoms. The van der Waals surface area contributed by atoms with Crippen LogP contribution in [0, 0.1) is 0 Å². The van der Waals surface area contributed by atoms with Gasteiger partial charge in [0, 0.05) is 12.3 Å². The van der Waals surface area contributed by atoms with Crippen LogP contribution in [0.1, 0.15) is 12.6 Å². The van der Waals surface area contributed by atoms with Gasteiger partial charge in [-0.25, -0.2) is 9.78 Å². The first-order chi connectivity index (χ1) is 13.1. The quantitative estimate of drug-likeness (QED) is 0.579. The first kappa shape index (κ1) is 18.6. The van der Waals surface area contributed by atoms with E-state index in [4.69, 9.17) is 9.47 Å². The van der Waals surface area contributed by atoms with Gasteiger partial charge in [0.15, 0.2) is 11.7 Å². The minimum atomic E-state index is -0.486. The van der Waals surface area contributed by atoms with Crippen molar-refractivity contribution < 1.29 is 19.1 Å². The van der Waals surface area contributed by atoms with Gasteiger partial charge in [0.2, 0.25) is 5.91 Å². The number of carbonyl (C=O) groups excluding carboxylic acids is 2. The maximum Gasteiger partial charge on any atom is 0.344 e. The number of aromatic nitrogens is 1. The molecule has 0 aliphatic rings. The van der Waals surface area contributed by atoms with Crippen molar-refractivity contribution in [2.75, 3.05) is 11.5 Å². The Morgan fingerprint density at radius 3 is 2.37 bits per heavy atom. The fourth-order valence-corrected chi connectivity index (χ4v) is 3.20. The molecule has 0 spiro atoms. The van der Waals surface area contributed by atoms with Gasteiger partial charge in [-0.1, -0.05) is 36.4 Å². The van der Waals surface area contributed by atoms with Crippen LogP contribution in [0.25, 0.3) is 0 Å². The molecule has 1 aromatic heterocycles. The summed E-state index contributed by atoms with van der Waals surface area (Å²) < 4.78 is 10.5. The van der Waals surface area contributed by atoms with Gasteiger partial charge in [0.25, 0.3) is 0 Å². The van der Waals surface area contributed by atoms with E-state index in [0.29, 0.717) is 16.6 Å². The Morgan fingerprint density at radius 2 is 1.70 bits per heavy atom. The van der Waals surface area contributed by atoms with Crippen LogP contribution < -0.4 is 9.64 Å². The molecule has 0 aliphatic heterocycles. The van der Waals surface area contributed by atoms with Crippen molar-refractivity contribution in [1.82, 2.24) is 4.98 Å². The van der Waals surface area contributed by atoms with Crippen LogP contribution in [0.3, 0.4) is 0 Å². The molecule has 138 valence electrons. The third kappa shape index (κ3) is 5.15. The number of benzene rings is 2. The molecule has 6 nitrogen and oxygen atoms in total. The third-order valence-corrected chi connectivity index (χ3v) is 4.42. The summed E-state index contributed by atoms with van der Waals surface area (Å²) in [6, 6.07) is 18.3. The zero-order chi connectivity index (χ0) is 19.1. The lowest BCUT2D eigenvalue weighted by Gasteiger charge is -2.17. The SMILES string of the molecule is CC(=O)N(c1ccccc1)c1nc(COC(=O)COc2ccccc2)cs1. The Hall–Kier alpha value is -3.19. The van der Waals surface area contributed by atoms with Crippen LogP contribution in [0.5, 0.6) is 5.75 Å². The summed E-state index contributed by atoms with van der Waals surface area (Å²) in [7, 11) is 0. The van der Waals surface area contributed by atoms with Crippen molar-refractivity contribution in [2.24, 2.45) is 0 Å². The molecule has 0 aliphatic carbocycles. The monoisotopic (exact) mass is 382 g/mol. The minimum Gasteiger partial charge on any atom is -0.482 e. The van der Waals surface area contributed by atoms with E-state index in [-0.39, 0.29) is 19.1 Å². The number of ether oxygens (including phenoxy) is 2. The molecule has 3 aromatic rings. The fraction of sp³-hybridized carbons (Fsp3) is 0.150. The van der Waals surface area contributed by atoms with Gasteiger partial charge in [-0.2, -0.15) is 0 Å². The van der Waals surface area contributed by atoms with Crippen molar-refractivity contribution in [1.29, 1.82) is 0 Å². The van der Waals surface area contributed by atoms with Crippen LogP contribution in [0.4, 0.5) is 10.8 Å². The molecule has 0 fully saturated rings. The lowest BCUT2D eigenvalue weighted by Crippen LogP contribution is -2.22. The Kier molecular flexibility index (Phi) is 6.17. The predicted octanol–water partition coefficient (Wildman–Crippen LogP) is 3.95. The second kappa shape index (κ2) is 8.95. The molecule has 2 aromatic carbocycles. The van der Waals surface area contributed by atoms with Crippen molar-refractivity contribution >= 4 is 34.0 Å². The van der Waals surface area contributed by atoms with Gasteiger partial charge >= 0.3 is 5.97 Å². The minimum absolute atomic E-state index is 0.0218. The Labute approximate surface area is 161 Å². The van der Waals surface area contributed by atoms with Crippen LogP contribution in [-0.2, 0) is 20.9 Å². The number of hydrogen-bond acceptors (Lipinski definition) is 6. The average Bonchev–Trinajstić information content (AvgIpc) is 3.14. The summed E-state index contributed by atoms with van der Waals surface area (Å²) in [5, 5.41) is 2.29. The molecule has 0 saturated heterocycles. The number of hydrogen-bond donors (Lipinski definition) is 0. The molecule has 0 atom stereocenters. The lowest BCUT2D eigenvalue weighted by atomic mass is 10.3. The van der Waals surface area contributed by atoms with Gasteiger partial charge in [-0.15, -0.1) is 11.3 Å². The van der Waals surface area contributed by atoms with Crippen molar-refractivity contribution in [3.05, 3.63) is 71.7 Å². The predicted molar refractivity (Wildman–Crippen MR) is 103 cm³/mol. The van der Waals surface area contributed by atoms with E-state index in [1.807, 2.05) is 48.5 Å². The number of para-hydroxylation sites is 2. The number of amides is 1. The second-order valence-corrected chi connectivity index (χ2v) is 6.41. The first-order valence-corrected chi connectivity index (χ1v) is 9.15. The van der Waals surface area contributed by atoms with Crippen LogP contribution in [-0.4, -0.2) is 23.5 Å². The zero-order valence-corrected chi connectivity index (χ0v) is 15.5. The molecular weight excluding hydrogens is 364 g/mol. The largest absolute Gasteiger partial charge is 0.482 e. The maximum atomic E-state index is 12.0. The molecule has 0 N–H and O–H groups in total. The standard InChI is InChI=1S/C20H18N2O4S/c1-15(23)22(17-8-4-2-5-9-17)20-21-16(14-27-20)12-26-19(24)13-25-18-10-6-3-7-11-18/h2-11,14H,12-13H2,1H3. The highest BCUT2D eigenvalue weighted by molar-refractivity contribution is 7.14. The number of nitrogens with zero attached hydrogens (tertiary/aromatic N) is 2. The van der Waals surface area contributed by atoms with Crippen molar-refractivity contribution in [2.45, 2.75) is 13.5 Å². The molecule has 27 heavy (non-hydrogen) atoms. The summed E-state index contributed by atoms with van der Waals surface area (Å²) in [5.41, 5.74) is 1.31. The summed E-state index contributed by atoms with van der Waals surface area (Å²) in [6.07, 6.45) is 0. The van der Waals surface area contributed by atoms with Crippen molar-refractivity contribution in [3.8, 4) is 5.75 Å². The lowest BCUT2D eigenvalue weighted by molar-refractivity contribution is -0.147. The van der Waals surface area contributed by atoms with Crippen LogP contribution in [0.15, 0.2) is 66.0 Å². The number of rotatable bonds is 7. The molecule has 0 unspecified atom stereocenters. The van der Waals surface area contributed by atoms with Gasteiger partial charge in [0.1, 0.15) is 12.4 Å². The van der Waals surface area contributed by atoms with E-state index in [0.717, 1.165) is 5.69 Å². The van der Waals surface area contributed by atoms with Crippen molar-refractivity contribution in [3.63, 3.8) is 0 Å². The Bertz CT molecular complexity index is 897. The summed E-state index contributed by atoms with van der Waals surface area (Å²) >= 11 is 1.31. The second-order valence-electron chi connectivity index (χ2n) is 5.57. The fourth-order valence-electron chi connectivity index (χ4n) is 2.32. The smallest absolute Gasteiger partial charge is 0.344 e. The molecular formula is C20H18N2O4S. The molecule has 1 amide bonds. The maximum absolute atomic E-state index is 12.0. The van der Waals surface area contributed by atoms with Gasteiger partial charge in [-0.3, -0.25) is 9.69 Å². The van der Waals surface area contributed by atoms with Crippen LogP contribution >= 0.6 is 11.3 Å². The molecule has 7 heteroatoms. The summed E-state index contributed by atoms with van der Waals surface area (Å²) in [5.74, 6) is -0.0272. The average molecular weight is 382 g/mol. The molecule has 1 heterocycles. The van der Waals surface area contributed by atoms with Gasteiger partial charge in [-0.05, 0) is 24.3 Å². The van der Waals surface area contributed by atoms with E-state index in [9.17, 15) is 9.59 Å². The van der Waals surface area contributed by atoms with E-state index in [1.54, 1.807) is 17.5 Å². The number of carbonyl (C=O) groups is 2. The molecule has 0 saturated carbocycles. The Morgan fingerprint density at radius 1 is 1.04 bits per heavy atom.